The summed E-state index contributed by atoms with van der Waals surface area (Å²) in [6.07, 6.45) is 0.247. The molecule has 0 aromatic heterocycles. The average molecular weight is 460 g/mol. The van der Waals surface area contributed by atoms with Gasteiger partial charge < -0.3 is 20.1 Å². The number of nitrogens with zero attached hydrogens (tertiary/aromatic N) is 1. The zero-order valence-electron chi connectivity index (χ0n) is 18.0. The summed E-state index contributed by atoms with van der Waals surface area (Å²) in [5.41, 5.74) is 1.36. The van der Waals surface area contributed by atoms with Crippen molar-refractivity contribution in [3.05, 3.63) is 42.0 Å². The zero-order valence-corrected chi connectivity index (χ0v) is 18.9. The number of anilines is 2. The molecule has 0 saturated carbocycles. The van der Waals surface area contributed by atoms with Crippen LogP contribution in [0.2, 0.25) is 0 Å². The van der Waals surface area contributed by atoms with E-state index in [0.29, 0.717) is 35.5 Å². The number of carbonyl (C=O) groups is 2. The van der Waals surface area contributed by atoms with Crippen molar-refractivity contribution in [2.24, 2.45) is 0 Å². The minimum atomic E-state index is -3.99. The molecule has 0 radical (unpaired) electrons. The molecule has 170 valence electrons. The van der Waals surface area contributed by atoms with Gasteiger partial charge in [-0.2, -0.15) is 4.31 Å². The lowest BCUT2D eigenvalue weighted by Crippen LogP contribution is -2.43. The fraction of sp³-hybridized carbons (Fsp3) is 0.364. The van der Waals surface area contributed by atoms with Gasteiger partial charge in [0.05, 0.1) is 23.4 Å². The SMILES string of the molecule is COc1ccccc1NC(=O)[C@H]1CCCN1S(=O)(=O)c1cc2c(cc1C)NC(=O)[C@H](C)O2. The Labute approximate surface area is 186 Å². The fourth-order valence-corrected chi connectivity index (χ4v) is 5.88. The number of ether oxygens (including phenoxy) is 2. The molecule has 2 atom stereocenters. The molecule has 1 saturated heterocycles. The van der Waals surface area contributed by atoms with Crippen molar-refractivity contribution in [3.8, 4) is 11.5 Å². The van der Waals surface area contributed by atoms with Gasteiger partial charge in [0.15, 0.2) is 6.10 Å². The van der Waals surface area contributed by atoms with Gasteiger partial charge in [-0.3, -0.25) is 9.59 Å². The minimum absolute atomic E-state index is 0.0524. The van der Waals surface area contributed by atoms with Crippen molar-refractivity contribution in [2.75, 3.05) is 24.3 Å². The van der Waals surface area contributed by atoms with Gasteiger partial charge in [0.2, 0.25) is 15.9 Å². The Morgan fingerprint density at radius 1 is 1.28 bits per heavy atom. The number of aryl methyl sites for hydroxylation is 1. The van der Waals surface area contributed by atoms with E-state index in [-0.39, 0.29) is 23.1 Å². The number of hydrogen-bond donors (Lipinski definition) is 2. The molecular weight excluding hydrogens is 434 g/mol. The molecule has 2 aliphatic heterocycles. The third-order valence-corrected chi connectivity index (χ3v) is 7.72. The predicted molar refractivity (Wildman–Crippen MR) is 118 cm³/mol. The molecule has 0 spiro atoms. The standard InChI is InChI=1S/C22H25N3O6S/c1-13-11-16-19(31-14(2)21(26)24-16)12-20(13)32(28,29)25-10-6-8-17(25)22(27)23-15-7-4-5-9-18(15)30-3/h4-5,7,9,11-12,14,17H,6,8,10H2,1-3H3,(H,23,27)(H,24,26)/t14-,17+/m0/s1. The number of rotatable bonds is 5. The highest BCUT2D eigenvalue weighted by Gasteiger charge is 2.41. The summed E-state index contributed by atoms with van der Waals surface area (Å²) in [6.45, 7) is 3.47. The monoisotopic (exact) mass is 459 g/mol. The maximum atomic E-state index is 13.6. The van der Waals surface area contributed by atoms with Crippen LogP contribution >= 0.6 is 0 Å². The molecule has 0 aliphatic carbocycles. The van der Waals surface area contributed by atoms with Gasteiger partial charge in [0.1, 0.15) is 17.5 Å². The van der Waals surface area contributed by atoms with E-state index >= 15 is 0 Å². The van der Waals surface area contributed by atoms with E-state index < -0.39 is 28.1 Å². The first-order valence-corrected chi connectivity index (χ1v) is 11.7. The van der Waals surface area contributed by atoms with Gasteiger partial charge in [0.25, 0.3) is 5.91 Å². The number of benzene rings is 2. The van der Waals surface area contributed by atoms with E-state index in [9.17, 15) is 18.0 Å². The number of para-hydroxylation sites is 2. The second kappa shape index (κ2) is 8.44. The third kappa shape index (κ3) is 3.91. The Hall–Kier alpha value is -3.11. The zero-order chi connectivity index (χ0) is 23.0. The van der Waals surface area contributed by atoms with Crippen LogP contribution in [0.3, 0.4) is 0 Å². The van der Waals surface area contributed by atoms with E-state index in [2.05, 4.69) is 10.6 Å². The average Bonchev–Trinajstić information content (AvgIpc) is 3.26. The Morgan fingerprint density at radius 3 is 2.78 bits per heavy atom. The summed E-state index contributed by atoms with van der Waals surface area (Å²) < 4.78 is 39.2. The molecule has 0 bridgehead atoms. The summed E-state index contributed by atoms with van der Waals surface area (Å²) in [5, 5.41) is 5.51. The summed E-state index contributed by atoms with van der Waals surface area (Å²) in [5.74, 6) is 0.0750. The van der Waals surface area contributed by atoms with E-state index in [1.165, 1.54) is 17.5 Å². The number of sulfonamides is 1. The minimum Gasteiger partial charge on any atom is -0.495 e. The van der Waals surface area contributed by atoms with E-state index in [4.69, 9.17) is 9.47 Å². The lowest BCUT2D eigenvalue weighted by molar-refractivity contribution is -0.122. The lowest BCUT2D eigenvalue weighted by atomic mass is 10.1. The van der Waals surface area contributed by atoms with E-state index in [0.717, 1.165) is 0 Å². The van der Waals surface area contributed by atoms with Crippen LogP contribution in [0.1, 0.15) is 25.3 Å². The number of nitrogens with one attached hydrogen (secondary N) is 2. The Balaban J connectivity index is 1.63. The molecule has 4 rings (SSSR count). The van der Waals surface area contributed by atoms with Crippen molar-refractivity contribution in [2.45, 2.75) is 43.7 Å². The Kier molecular flexibility index (Phi) is 5.83. The molecule has 9 nitrogen and oxygen atoms in total. The number of fused-ring (bicyclic) bond motifs is 1. The molecule has 2 heterocycles. The predicted octanol–water partition coefficient (Wildman–Crippen LogP) is 2.51. The summed E-state index contributed by atoms with van der Waals surface area (Å²) >= 11 is 0. The van der Waals surface area contributed by atoms with Gasteiger partial charge >= 0.3 is 0 Å². The molecule has 2 N–H and O–H groups in total. The molecule has 10 heteroatoms. The normalized spacial score (nSPS) is 20.8. The van der Waals surface area contributed by atoms with E-state index in [1.54, 1.807) is 44.2 Å². The Bertz CT molecular complexity index is 1180. The van der Waals surface area contributed by atoms with Crippen LogP contribution in [-0.2, 0) is 19.6 Å². The maximum absolute atomic E-state index is 13.6. The molecule has 2 aliphatic rings. The summed E-state index contributed by atoms with van der Waals surface area (Å²) in [6, 6.07) is 9.11. The smallest absolute Gasteiger partial charge is 0.265 e. The van der Waals surface area contributed by atoms with Crippen molar-refractivity contribution in [1.82, 2.24) is 4.31 Å². The molecule has 32 heavy (non-hydrogen) atoms. The first-order valence-electron chi connectivity index (χ1n) is 10.3. The highest BCUT2D eigenvalue weighted by molar-refractivity contribution is 7.89. The maximum Gasteiger partial charge on any atom is 0.265 e. The van der Waals surface area contributed by atoms with Crippen LogP contribution in [0.5, 0.6) is 11.5 Å². The van der Waals surface area contributed by atoms with Crippen molar-refractivity contribution < 1.29 is 27.5 Å². The molecular formula is C22H25N3O6S. The van der Waals surface area contributed by atoms with E-state index in [1.807, 2.05) is 0 Å². The third-order valence-electron chi connectivity index (χ3n) is 5.67. The first kappa shape index (κ1) is 22.1. The van der Waals surface area contributed by atoms with Gasteiger partial charge in [-0.05, 0) is 50.5 Å². The largest absolute Gasteiger partial charge is 0.495 e. The molecule has 0 unspecified atom stereocenters. The number of hydrogen-bond acceptors (Lipinski definition) is 6. The summed E-state index contributed by atoms with van der Waals surface area (Å²) in [4.78, 5) is 24.9. The van der Waals surface area contributed by atoms with Crippen molar-refractivity contribution >= 4 is 33.2 Å². The first-order chi connectivity index (χ1) is 15.2. The lowest BCUT2D eigenvalue weighted by Gasteiger charge is -2.27. The van der Waals surface area contributed by atoms with Crippen LogP contribution in [0.15, 0.2) is 41.3 Å². The molecule has 2 aromatic rings. The van der Waals surface area contributed by atoms with Gasteiger partial charge in [-0.1, -0.05) is 12.1 Å². The second-order valence-electron chi connectivity index (χ2n) is 7.83. The number of amides is 2. The number of carbonyl (C=O) groups excluding carboxylic acids is 2. The van der Waals surface area contributed by atoms with Gasteiger partial charge in [0, 0.05) is 12.6 Å². The Morgan fingerprint density at radius 2 is 2.03 bits per heavy atom. The van der Waals surface area contributed by atoms with Crippen LogP contribution in [0, 0.1) is 6.92 Å². The number of methoxy groups -OCH3 is 1. The molecule has 2 amide bonds. The quantitative estimate of drug-likeness (QED) is 0.710. The van der Waals surface area contributed by atoms with Gasteiger partial charge in [-0.25, -0.2) is 8.42 Å². The summed E-state index contributed by atoms with van der Waals surface area (Å²) in [7, 11) is -2.49. The highest BCUT2D eigenvalue weighted by atomic mass is 32.2. The highest BCUT2D eigenvalue weighted by Crippen LogP contribution is 2.37. The van der Waals surface area contributed by atoms with Crippen LogP contribution in [0.25, 0.3) is 0 Å². The fourth-order valence-electron chi connectivity index (χ4n) is 4.00. The molecule has 2 aromatic carbocycles. The van der Waals surface area contributed by atoms with Gasteiger partial charge in [-0.15, -0.1) is 0 Å². The van der Waals surface area contributed by atoms with Crippen molar-refractivity contribution in [3.63, 3.8) is 0 Å². The van der Waals surface area contributed by atoms with Crippen LogP contribution < -0.4 is 20.1 Å². The van der Waals surface area contributed by atoms with Crippen molar-refractivity contribution in [1.29, 1.82) is 0 Å². The molecule has 1 fully saturated rings. The van der Waals surface area contributed by atoms with Crippen LogP contribution in [0.4, 0.5) is 11.4 Å². The van der Waals surface area contributed by atoms with Crippen LogP contribution in [-0.4, -0.2) is 50.3 Å². The second-order valence-corrected chi connectivity index (χ2v) is 9.69. The topological polar surface area (TPSA) is 114 Å².